The van der Waals surface area contributed by atoms with Gasteiger partial charge in [-0.05, 0) is 18.8 Å². The van der Waals surface area contributed by atoms with Crippen LogP contribution in [0, 0.1) is 5.92 Å². The van der Waals surface area contributed by atoms with Gasteiger partial charge in [0.15, 0.2) is 0 Å². The molecule has 0 aromatic carbocycles. The molecule has 0 spiro atoms. The second-order valence-electron chi connectivity index (χ2n) is 6.18. The molecule has 1 aliphatic carbocycles. The van der Waals surface area contributed by atoms with Gasteiger partial charge in [-0.2, -0.15) is 4.31 Å². The second kappa shape index (κ2) is 5.73. The smallest absolute Gasteiger partial charge is 0.214 e. The van der Waals surface area contributed by atoms with Gasteiger partial charge < -0.3 is 0 Å². The minimum Gasteiger partial charge on any atom is -0.245 e. The molecule has 2 fully saturated rings. The summed E-state index contributed by atoms with van der Waals surface area (Å²) in [5.41, 5.74) is 1.19. The summed E-state index contributed by atoms with van der Waals surface area (Å²) in [6.07, 6.45) is 6.42. The van der Waals surface area contributed by atoms with Crippen molar-refractivity contribution in [3.8, 4) is 0 Å². The Morgan fingerprint density at radius 2 is 2.10 bits per heavy atom. The summed E-state index contributed by atoms with van der Waals surface area (Å²) in [5, 5.41) is 3.08. The zero-order valence-corrected chi connectivity index (χ0v) is 13.5. The maximum absolute atomic E-state index is 12.0. The Morgan fingerprint density at radius 1 is 1.35 bits per heavy atom. The van der Waals surface area contributed by atoms with Crippen molar-refractivity contribution in [1.29, 1.82) is 0 Å². The van der Waals surface area contributed by atoms with Gasteiger partial charge in [0.25, 0.3) is 0 Å². The van der Waals surface area contributed by atoms with E-state index in [0.29, 0.717) is 19.0 Å². The standard InChI is InChI=1S/C14H22N2O2S2/c1-11-7-16(20(17,18)10-11)8-14-15-13(9-19-14)12-5-3-2-4-6-12/h9,11-12H,2-8,10H2,1H3/t11-/m0/s1. The van der Waals surface area contributed by atoms with Crippen LogP contribution in [0.3, 0.4) is 0 Å². The van der Waals surface area contributed by atoms with E-state index in [9.17, 15) is 8.42 Å². The van der Waals surface area contributed by atoms with Crippen molar-refractivity contribution in [3.05, 3.63) is 16.1 Å². The van der Waals surface area contributed by atoms with Crippen molar-refractivity contribution >= 4 is 21.4 Å². The number of rotatable bonds is 3. The van der Waals surface area contributed by atoms with Crippen LogP contribution < -0.4 is 0 Å². The molecule has 1 aliphatic heterocycles. The van der Waals surface area contributed by atoms with Gasteiger partial charge in [-0.1, -0.05) is 26.2 Å². The van der Waals surface area contributed by atoms with Gasteiger partial charge in [0.05, 0.1) is 18.0 Å². The Hall–Kier alpha value is -0.460. The van der Waals surface area contributed by atoms with Crippen LogP contribution in [0.15, 0.2) is 5.38 Å². The molecule has 1 saturated heterocycles. The summed E-state index contributed by atoms with van der Waals surface area (Å²) in [4.78, 5) is 4.70. The van der Waals surface area contributed by atoms with E-state index in [-0.39, 0.29) is 11.7 Å². The van der Waals surface area contributed by atoms with Crippen LogP contribution in [0.5, 0.6) is 0 Å². The Morgan fingerprint density at radius 3 is 2.75 bits per heavy atom. The molecule has 0 radical (unpaired) electrons. The third-order valence-electron chi connectivity index (χ3n) is 4.31. The molecule has 1 atom stereocenters. The maximum atomic E-state index is 12.0. The van der Waals surface area contributed by atoms with Gasteiger partial charge in [0.2, 0.25) is 10.0 Å². The molecule has 0 N–H and O–H groups in total. The van der Waals surface area contributed by atoms with Crippen LogP contribution in [0.25, 0.3) is 0 Å². The van der Waals surface area contributed by atoms with E-state index < -0.39 is 10.0 Å². The molecule has 0 amide bonds. The lowest BCUT2D eigenvalue weighted by Crippen LogP contribution is -2.25. The van der Waals surface area contributed by atoms with Crippen molar-refractivity contribution in [2.75, 3.05) is 12.3 Å². The molecule has 1 aromatic rings. The number of aromatic nitrogens is 1. The van der Waals surface area contributed by atoms with Crippen LogP contribution in [0.2, 0.25) is 0 Å². The van der Waals surface area contributed by atoms with Gasteiger partial charge >= 0.3 is 0 Å². The average Bonchev–Trinajstić information content (AvgIpc) is 2.96. The van der Waals surface area contributed by atoms with Crippen LogP contribution >= 0.6 is 11.3 Å². The summed E-state index contributed by atoms with van der Waals surface area (Å²) in [6, 6.07) is 0. The molecule has 6 heteroatoms. The molecule has 0 bridgehead atoms. The van der Waals surface area contributed by atoms with Crippen molar-refractivity contribution in [2.45, 2.75) is 51.5 Å². The molecule has 0 unspecified atom stereocenters. The van der Waals surface area contributed by atoms with E-state index in [4.69, 9.17) is 4.98 Å². The Labute approximate surface area is 125 Å². The molecular weight excluding hydrogens is 292 g/mol. The Balaban J connectivity index is 1.68. The van der Waals surface area contributed by atoms with Crippen LogP contribution in [0.1, 0.15) is 55.6 Å². The lowest BCUT2D eigenvalue weighted by Gasteiger charge is -2.19. The number of hydrogen-bond donors (Lipinski definition) is 0. The predicted molar refractivity (Wildman–Crippen MR) is 81.3 cm³/mol. The largest absolute Gasteiger partial charge is 0.245 e. The van der Waals surface area contributed by atoms with E-state index >= 15 is 0 Å². The normalized spacial score (nSPS) is 27.9. The number of hydrogen-bond acceptors (Lipinski definition) is 4. The molecule has 1 aromatic heterocycles. The predicted octanol–water partition coefficient (Wildman–Crippen LogP) is 2.97. The molecule has 2 heterocycles. The highest BCUT2D eigenvalue weighted by Gasteiger charge is 2.34. The molecule has 20 heavy (non-hydrogen) atoms. The van der Waals surface area contributed by atoms with E-state index in [0.717, 1.165) is 5.01 Å². The van der Waals surface area contributed by atoms with Crippen LogP contribution in [-0.4, -0.2) is 30.0 Å². The zero-order valence-electron chi connectivity index (χ0n) is 11.9. The SMILES string of the molecule is C[C@H]1CN(Cc2nc(C3CCCCC3)cs2)S(=O)(=O)C1. The van der Waals surface area contributed by atoms with Gasteiger partial charge in [-0.3, -0.25) is 0 Å². The number of sulfonamides is 1. The Bertz CT molecular complexity index is 561. The average molecular weight is 314 g/mol. The fraction of sp³-hybridized carbons (Fsp3) is 0.786. The van der Waals surface area contributed by atoms with E-state index in [1.807, 2.05) is 6.92 Å². The van der Waals surface area contributed by atoms with E-state index in [1.165, 1.54) is 37.8 Å². The number of thiazole rings is 1. The molecule has 4 nitrogen and oxygen atoms in total. The molecule has 2 aliphatic rings. The third-order valence-corrected chi connectivity index (χ3v) is 7.22. The molecule has 1 saturated carbocycles. The topological polar surface area (TPSA) is 50.3 Å². The summed E-state index contributed by atoms with van der Waals surface area (Å²) >= 11 is 1.61. The van der Waals surface area contributed by atoms with E-state index in [2.05, 4.69) is 5.38 Å². The van der Waals surface area contributed by atoms with Gasteiger partial charge in [0.1, 0.15) is 5.01 Å². The van der Waals surface area contributed by atoms with E-state index in [1.54, 1.807) is 15.6 Å². The Kier molecular flexibility index (Phi) is 4.15. The van der Waals surface area contributed by atoms with Gasteiger partial charge in [-0.15, -0.1) is 11.3 Å². The summed E-state index contributed by atoms with van der Waals surface area (Å²) < 4.78 is 25.6. The number of nitrogens with zero attached hydrogens (tertiary/aromatic N) is 2. The maximum Gasteiger partial charge on any atom is 0.214 e. The molecular formula is C14H22N2O2S2. The van der Waals surface area contributed by atoms with Crippen LogP contribution in [-0.2, 0) is 16.6 Å². The van der Waals surface area contributed by atoms with Crippen molar-refractivity contribution in [2.24, 2.45) is 5.92 Å². The van der Waals surface area contributed by atoms with Gasteiger partial charge in [-0.25, -0.2) is 13.4 Å². The highest BCUT2D eigenvalue weighted by atomic mass is 32.2. The fourth-order valence-electron chi connectivity index (χ4n) is 3.28. The van der Waals surface area contributed by atoms with Crippen molar-refractivity contribution < 1.29 is 8.42 Å². The first-order chi connectivity index (χ1) is 9.54. The quantitative estimate of drug-likeness (QED) is 0.862. The molecule has 3 rings (SSSR count). The fourth-order valence-corrected chi connectivity index (χ4v) is 6.08. The summed E-state index contributed by atoms with van der Waals surface area (Å²) in [5.74, 6) is 1.12. The first kappa shape index (κ1) is 14.5. The summed E-state index contributed by atoms with van der Waals surface area (Å²) in [6.45, 7) is 3.09. The first-order valence-corrected chi connectivity index (χ1v) is 9.95. The lowest BCUT2D eigenvalue weighted by atomic mass is 9.87. The minimum atomic E-state index is -3.05. The lowest BCUT2D eigenvalue weighted by molar-refractivity contribution is 0.405. The van der Waals surface area contributed by atoms with Crippen molar-refractivity contribution in [3.63, 3.8) is 0 Å². The van der Waals surface area contributed by atoms with Crippen LogP contribution in [0.4, 0.5) is 0 Å². The van der Waals surface area contributed by atoms with Crippen molar-refractivity contribution in [1.82, 2.24) is 9.29 Å². The summed E-state index contributed by atoms with van der Waals surface area (Å²) in [7, 11) is -3.05. The second-order valence-corrected chi connectivity index (χ2v) is 9.13. The third kappa shape index (κ3) is 3.07. The first-order valence-electron chi connectivity index (χ1n) is 7.47. The minimum absolute atomic E-state index is 0.234. The highest BCUT2D eigenvalue weighted by Crippen LogP contribution is 2.33. The zero-order chi connectivity index (χ0) is 14.2. The highest BCUT2D eigenvalue weighted by molar-refractivity contribution is 7.89. The monoisotopic (exact) mass is 314 g/mol. The van der Waals surface area contributed by atoms with Gasteiger partial charge in [0, 0.05) is 17.8 Å². The molecule has 112 valence electrons.